The number of para-hydroxylation sites is 1. The van der Waals surface area contributed by atoms with Gasteiger partial charge in [0.15, 0.2) is 23.8 Å². The molecule has 1 saturated heterocycles. The second-order valence-corrected chi connectivity index (χ2v) is 11.1. The lowest BCUT2D eigenvalue weighted by atomic mass is 10.1. The maximum atomic E-state index is 13.2. The zero-order valence-corrected chi connectivity index (χ0v) is 22.4. The third-order valence-corrected chi connectivity index (χ3v) is 8.06. The molecule has 2 aromatic rings. The SMILES string of the molecule is CCNN1C(C2COc3c(CN4CCCCC4)cccc3O2)N(C)C(Oc2ccc(C)cc2)=NS1(=O)=O. The minimum Gasteiger partial charge on any atom is -0.485 e. The summed E-state index contributed by atoms with van der Waals surface area (Å²) in [6.07, 6.45) is 2.28. The Labute approximate surface area is 219 Å². The van der Waals surface area contributed by atoms with Crippen molar-refractivity contribution in [2.45, 2.75) is 51.9 Å². The van der Waals surface area contributed by atoms with Gasteiger partial charge in [-0.1, -0.05) is 52.0 Å². The number of likely N-dealkylation sites (tertiary alicyclic amines) is 1. The highest BCUT2D eigenvalue weighted by Gasteiger charge is 2.47. The Morgan fingerprint density at radius 3 is 2.59 bits per heavy atom. The van der Waals surface area contributed by atoms with Crippen LogP contribution in [-0.2, 0) is 16.8 Å². The molecule has 0 radical (unpaired) electrons. The molecule has 37 heavy (non-hydrogen) atoms. The maximum Gasteiger partial charge on any atom is 0.341 e. The fourth-order valence-electron chi connectivity index (χ4n) is 4.96. The van der Waals surface area contributed by atoms with Crippen molar-refractivity contribution in [1.82, 2.24) is 19.6 Å². The molecule has 3 aliphatic heterocycles. The molecule has 0 amide bonds. The number of nitrogens with one attached hydrogen (secondary N) is 1. The molecule has 5 rings (SSSR count). The van der Waals surface area contributed by atoms with Crippen LogP contribution in [0.4, 0.5) is 0 Å². The van der Waals surface area contributed by atoms with Crippen LogP contribution in [-0.4, -0.2) is 74.2 Å². The van der Waals surface area contributed by atoms with Crippen LogP contribution in [0.2, 0.25) is 0 Å². The molecule has 3 aliphatic rings. The second-order valence-electron chi connectivity index (χ2n) is 9.65. The number of benzene rings is 2. The van der Waals surface area contributed by atoms with Crippen molar-refractivity contribution in [3.63, 3.8) is 0 Å². The highest BCUT2D eigenvalue weighted by Crippen LogP contribution is 2.38. The lowest BCUT2D eigenvalue weighted by Gasteiger charge is -2.44. The molecule has 200 valence electrons. The van der Waals surface area contributed by atoms with E-state index >= 15 is 0 Å². The molecule has 11 heteroatoms. The van der Waals surface area contributed by atoms with Gasteiger partial charge in [-0.25, -0.2) is 5.43 Å². The van der Waals surface area contributed by atoms with Gasteiger partial charge in [-0.15, -0.1) is 0 Å². The number of hydrogen-bond donors (Lipinski definition) is 1. The number of hydrogen-bond acceptors (Lipinski definition) is 8. The van der Waals surface area contributed by atoms with E-state index < -0.39 is 22.5 Å². The van der Waals surface area contributed by atoms with Gasteiger partial charge in [0.1, 0.15) is 12.4 Å². The Morgan fingerprint density at radius 2 is 1.86 bits per heavy atom. The van der Waals surface area contributed by atoms with E-state index in [0.717, 1.165) is 40.9 Å². The Morgan fingerprint density at radius 1 is 1.11 bits per heavy atom. The van der Waals surface area contributed by atoms with Gasteiger partial charge in [-0.2, -0.15) is 8.42 Å². The molecule has 1 N–H and O–H groups in total. The van der Waals surface area contributed by atoms with Gasteiger partial charge in [0, 0.05) is 25.7 Å². The van der Waals surface area contributed by atoms with Gasteiger partial charge >= 0.3 is 16.2 Å². The minimum absolute atomic E-state index is 0.0312. The average Bonchev–Trinajstić information content (AvgIpc) is 2.89. The highest BCUT2D eigenvalue weighted by atomic mass is 32.2. The third kappa shape index (κ3) is 5.54. The van der Waals surface area contributed by atoms with E-state index in [1.165, 1.54) is 19.3 Å². The fraction of sp³-hybridized carbons (Fsp3) is 0.500. The average molecular weight is 530 g/mol. The zero-order chi connectivity index (χ0) is 26.0. The Kier molecular flexibility index (Phi) is 7.57. The van der Waals surface area contributed by atoms with Crippen LogP contribution in [0.3, 0.4) is 0 Å². The molecule has 3 heterocycles. The molecule has 0 aliphatic carbocycles. The summed E-state index contributed by atoms with van der Waals surface area (Å²) >= 11 is 0. The molecule has 2 atom stereocenters. The highest BCUT2D eigenvalue weighted by molar-refractivity contribution is 7.88. The molecule has 0 spiro atoms. The Bertz CT molecular complexity index is 1230. The second kappa shape index (κ2) is 10.9. The molecule has 0 aromatic heterocycles. The van der Waals surface area contributed by atoms with Gasteiger partial charge < -0.3 is 19.1 Å². The number of ether oxygens (including phenoxy) is 3. The first-order chi connectivity index (χ1) is 17.9. The van der Waals surface area contributed by atoms with Crippen LogP contribution in [0.15, 0.2) is 46.9 Å². The van der Waals surface area contributed by atoms with Crippen LogP contribution in [0.1, 0.15) is 37.3 Å². The van der Waals surface area contributed by atoms with Crippen LogP contribution in [0.25, 0.3) is 0 Å². The Balaban J connectivity index is 1.40. The summed E-state index contributed by atoms with van der Waals surface area (Å²) in [5.41, 5.74) is 5.08. The zero-order valence-electron chi connectivity index (χ0n) is 21.6. The van der Waals surface area contributed by atoms with Crippen molar-refractivity contribution in [2.24, 2.45) is 4.40 Å². The number of hydrazine groups is 1. The monoisotopic (exact) mass is 529 g/mol. The maximum absolute atomic E-state index is 13.2. The van der Waals surface area contributed by atoms with Crippen molar-refractivity contribution < 1.29 is 22.6 Å². The van der Waals surface area contributed by atoms with Crippen molar-refractivity contribution in [3.8, 4) is 17.2 Å². The van der Waals surface area contributed by atoms with Crippen molar-refractivity contribution in [3.05, 3.63) is 53.6 Å². The number of fused-ring (bicyclic) bond motifs is 1. The van der Waals surface area contributed by atoms with Crippen LogP contribution < -0.4 is 19.6 Å². The standard InChI is InChI=1S/C26H35N5O5S/c1-4-27-31-25(29(3)26(28-37(31,32)33)35-21-13-11-19(2)12-14-21)23-18-34-24-20(9-8-10-22(24)36-23)17-30-15-6-5-7-16-30/h8-14,23,25,27H,4-7,15-18H2,1-3H3. The smallest absolute Gasteiger partial charge is 0.341 e. The molecular weight excluding hydrogens is 494 g/mol. The summed E-state index contributed by atoms with van der Waals surface area (Å²) in [6.45, 7) is 7.33. The van der Waals surface area contributed by atoms with Crippen molar-refractivity contribution >= 4 is 16.2 Å². The van der Waals surface area contributed by atoms with Crippen molar-refractivity contribution in [1.29, 1.82) is 0 Å². The molecule has 2 aromatic carbocycles. The summed E-state index contributed by atoms with van der Waals surface area (Å²) in [6, 6.07) is 13.2. The molecule has 2 unspecified atom stereocenters. The van der Waals surface area contributed by atoms with E-state index in [4.69, 9.17) is 14.2 Å². The van der Waals surface area contributed by atoms with E-state index in [1.807, 2.05) is 38.1 Å². The van der Waals surface area contributed by atoms with Gasteiger partial charge in [0.05, 0.1) is 0 Å². The summed E-state index contributed by atoms with van der Waals surface area (Å²) < 4.78 is 50.1. The number of nitrogens with zero attached hydrogens (tertiary/aromatic N) is 4. The van der Waals surface area contributed by atoms with E-state index in [1.54, 1.807) is 24.1 Å². The van der Waals surface area contributed by atoms with Crippen LogP contribution in [0.5, 0.6) is 17.2 Å². The van der Waals surface area contributed by atoms with Crippen LogP contribution >= 0.6 is 0 Å². The quantitative estimate of drug-likeness (QED) is 0.611. The topological polar surface area (TPSA) is 95.9 Å². The van der Waals surface area contributed by atoms with Crippen LogP contribution in [0, 0.1) is 6.92 Å². The van der Waals surface area contributed by atoms with Gasteiger partial charge in [0.25, 0.3) is 0 Å². The predicted octanol–water partition coefficient (Wildman–Crippen LogP) is 2.90. The third-order valence-electron chi connectivity index (χ3n) is 6.83. The number of likely N-dealkylation sites (N-methyl/N-ethyl adjacent to an activating group) is 1. The normalized spacial score (nSPS) is 24.0. The van der Waals surface area contributed by atoms with E-state index in [0.29, 0.717) is 18.0 Å². The van der Waals surface area contributed by atoms with E-state index in [-0.39, 0.29) is 12.6 Å². The fourth-order valence-corrected chi connectivity index (χ4v) is 6.25. The summed E-state index contributed by atoms with van der Waals surface area (Å²) in [4.78, 5) is 4.11. The van der Waals surface area contributed by atoms with Crippen molar-refractivity contribution in [2.75, 3.05) is 33.3 Å². The lowest BCUT2D eigenvalue weighted by Crippen LogP contribution is -2.67. The lowest BCUT2D eigenvalue weighted by molar-refractivity contribution is -0.0222. The number of rotatable bonds is 6. The summed E-state index contributed by atoms with van der Waals surface area (Å²) in [5.74, 6) is 1.83. The van der Waals surface area contributed by atoms with Gasteiger partial charge in [-0.3, -0.25) is 4.90 Å². The van der Waals surface area contributed by atoms with E-state index in [9.17, 15) is 8.42 Å². The number of aryl methyl sites for hydroxylation is 1. The molecular formula is C26H35N5O5S. The first-order valence-corrected chi connectivity index (χ1v) is 14.2. The molecule has 0 saturated carbocycles. The minimum atomic E-state index is -4.10. The molecule has 10 nitrogen and oxygen atoms in total. The van der Waals surface area contributed by atoms with Gasteiger partial charge in [0.2, 0.25) is 0 Å². The van der Waals surface area contributed by atoms with E-state index in [2.05, 4.69) is 20.8 Å². The number of amidine groups is 1. The number of piperidine rings is 1. The summed E-state index contributed by atoms with van der Waals surface area (Å²) in [7, 11) is -2.36. The Hall–Kier alpha value is -2.86. The summed E-state index contributed by atoms with van der Waals surface area (Å²) in [5, 5.41) is 0. The first kappa shape index (κ1) is 25.8. The largest absolute Gasteiger partial charge is 0.485 e. The molecule has 0 bridgehead atoms. The predicted molar refractivity (Wildman–Crippen MR) is 141 cm³/mol. The molecule has 1 fully saturated rings. The van der Waals surface area contributed by atoms with Gasteiger partial charge in [-0.05, 0) is 51.1 Å². The first-order valence-electron chi connectivity index (χ1n) is 12.8.